The van der Waals surface area contributed by atoms with Crippen molar-refractivity contribution in [3.63, 3.8) is 0 Å². The second-order valence-electron chi connectivity index (χ2n) is 4.61. The van der Waals surface area contributed by atoms with Gasteiger partial charge < -0.3 is 5.73 Å². The lowest BCUT2D eigenvalue weighted by molar-refractivity contribution is 0.112. The van der Waals surface area contributed by atoms with E-state index in [0.29, 0.717) is 17.2 Å². The molecule has 15 heavy (non-hydrogen) atoms. The van der Waals surface area contributed by atoms with Crippen molar-refractivity contribution in [1.82, 2.24) is 0 Å². The molecule has 0 aliphatic heterocycles. The third kappa shape index (κ3) is 1.96. The minimum absolute atomic E-state index is 0.0337. The predicted octanol–water partition coefficient (Wildman–Crippen LogP) is 3.51. The van der Waals surface area contributed by atoms with E-state index in [9.17, 15) is 8.78 Å². The lowest BCUT2D eigenvalue weighted by Gasteiger charge is -2.09. The molecule has 0 heterocycles. The van der Waals surface area contributed by atoms with Crippen LogP contribution < -0.4 is 5.73 Å². The zero-order chi connectivity index (χ0) is 11.2. The molecule has 1 aromatic rings. The summed E-state index contributed by atoms with van der Waals surface area (Å²) >= 11 is 0. The fourth-order valence-corrected chi connectivity index (χ4v) is 1.81. The fourth-order valence-electron chi connectivity index (χ4n) is 1.81. The monoisotopic (exact) mass is 211 g/mol. The van der Waals surface area contributed by atoms with Gasteiger partial charge in [0.1, 0.15) is 0 Å². The van der Waals surface area contributed by atoms with Crippen LogP contribution in [0.1, 0.15) is 43.2 Å². The van der Waals surface area contributed by atoms with Gasteiger partial charge in [-0.1, -0.05) is 19.9 Å². The Labute approximate surface area is 88.3 Å². The normalized spacial score (nSPS) is 23.1. The molecule has 0 saturated heterocycles. The first-order chi connectivity index (χ1) is 6.90. The molecule has 1 unspecified atom stereocenters. The number of hydrogen-bond donors (Lipinski definition) is 1. The van der Waals surface area contributed by atoms with Gasteiger partial charge in [-0.2, -0.15) is 0 Å². The number of nitrogens with two attached hydrogens (primary N) is 1. The highest BCUT2D eigenvalue weighted by atomic mass is 19.3. The molecule has 1 atom stereocenters. The lowest BCUT2D eigenvalue weighted by Crippen LogP contribution is -1.98. The zero-order valence-corrected chi connectivity index (χ0v) is 8.93. The maximum atomic E-state index is 12.9. The average Bonchev–Trinajstić information content (AvgIpc) is 2.74. The smallest absolute Gasteiger partial charge is 0.255 e. The predicted molar refractivity (Wildman–Crippen MR) is 57.2 cm³/mol. The van der Waals surface area contributed by atoms with Crippen LogP contribution in [-0.2, 0) is 0 Å². The Hall–Kier alpha value is -1.12. The van der Waals surface area contributed by atoms with E-state index in [0.717, 1.165) is 5.56 Å². The summed E-state index contributed by atoms with van der Waals surface area (Å²) in [4.78, 5) is 0. The number of nitrogen functional groups attached to an aromatic ring is 1. The van der Waals surface area contributed by atoms with Crippen molar-refractivity contribution in [3.05, 3.63) is 29.3 Å². The van der Waals surface area contributed by atoms with E-state index in [1.807, 2.05) is 26.0 Å². The highest BCUT2D eigenvalue weighted by molar-refractivity contribution is 5.48. The molecule has 2 rings (SSSR count). The van der Waals surface area contributed by atoms with E-state index in [2.05, 4.69) is 0 Å². The summed E-state index contributed by atoms with van der Waals surface area (Å²) in [7, 11) is 0. The van der Waals surface area contributed by atoms with Crippen LogP contribution in [0.3, 0.4) is 0 Å². The molecule has 82 valence electrons. The van der Waals surface area contributed by atoms with Crippen LogP contribution in [0.25, 0.3) is 0 Å². The van der Waals surface area contributed by atoms with Crippen LogP contribution >= 0.6 is 0 Å². The highest BCUT2D eigenvalue weighted by Crippen LogP contribution is 2.56. The first kappa shape index (κ1) is 10.4. The van der Waals surface area contributed by atoms with Crippen LogP contribution in [0.5, 0.6) is 0 Å². The van der Waals surface area contributed by atoms with E-state index >= 15 is 0 Å². The van der Waals surface area contributed by atoms with E-state index in [1.165, 1.54) is 0 Å². The summed E-state index contributed by atoms with van der Waals surface area (Å²) in [6.45, 7) is 4.06. The van der Waals surface area contributed by atoms with Gasteiger partial charge in [-0.3, -0.25) is 0 Å². The Morgan fingerprint density at radius 3 is 2.40 bits per heavy atom. The van der Waals surface area contributed by atoms with Gasteiger partial charge in [-0.25, -0.2) is 8.78 Å². The molecule has 2 N–H and O–H groups in total. The van der Waals surface area contributed by atoms with Gasteiger partial charge in [0.2, 0.25) is 0 Å². The van der Waals surface area contributed by atoms with E-state index < -0.39 is 11.8 Å². The number of rotatable bonds is 2. The molecule has 1 nitrogen and oxygen atoms in total. The molecule has 0 spiro atoms. The molecule has 0 aromatic heterocycles. The average molecular weight is 211 g/mol. The van der Waals surface area contributed by atoms with Gasteiger partial charge in [0.05, 0.1) is 5.92 Å². The molecular formula is C12H15F2N. The number of anilines is 1. The Morgan fingerprint density at radius 2 is 1.93 bits per heavy atom. The van der Waals surface area contributed by atoms with Crippen LogP contribution in [-0.4, -0.2) is 5.92 Å². The van der Waals surface area contributed by atoms with Gasteiger partial charge in [0.25, 0.3) is 5.92 Å². The molecule has 0 amide bonds. The van der Waals surface area contributed by atoms with Crippen molar-refractivity contribution in [3.8, 4) is 0 Å². The molecule has 1 aromatic carbocycles. The third-order valence-corrected chi connectivity index (χ3v) is 2.89. The summed E-state index contributed by atoms with van der Waals surface area (Å²) in [6.07, 6.45) is -0.0337. The van der Waals surface area contributed by atoms with Gasteiger partial charge in [0.15, 0.2) is 0 Å². The summed E-state index contributed by atoms with van der Waals surface area (Å²) < 4.78 is 25.8. The lowest BCUT2D eigenvalue weighted by atomic mass is 9.98. The van der Waals surface area contributed by atoms with Gasteiger partial charge in [0, 0.05) is 12.1 Å². The SMILES string of the molecule is CC(C)c1cc(N)cc(C2CC2(F)F)c1. The van der Waals surface area contributed by atoms with Crippen molar-refractivity contribution in [2.45, 2.75) is 38.0 Å². The van der Waals surface area contributed by atoms with E-state index in [4.69, 9.17) is 5.73 Å². The second kappa shape index (κ2) is 3.19. The largest absolute Gasteiger partial charge is 0.399 e. The van der Waals surface area contributed by atoms with Crippen molar-refractivity contribution >= 4 is 5.69 Å². The highest BCUT2D eigenvalue weighted by Gasteiger charge is 2.57. The molecule has 0 radical (unpaired) electrons. The van der Waals surface area contributed by atoms with Crippen molar-refractivity contribution in [2.24, 2.45) is 0 Å². The van der Waals surface area contributed by atoms with Crippen molar-refractivity contribution < 1.29 is 8.78 Å². The minimum atomic E-state index is -2.51. The van der Waals surface area contributed by atoms with Crippen LogP contribution in [0.4, 0.5) is 14.5 Å². The summed E-state index contributed by atoms with van der Waals surface area (Å²) in [5.74, 6) is -2.81. The molecule has 1 saturated carbocycles. The van der Waals surface area contributed by atoms with Gasteiger partial charge in [-0.05, 0) is 29.2 Å². The van der Waals surface area contributed by atoms with E-state index in [1.54, 1.807) is 6.07 Å². The quantitative estimate of drug-likeness (QED) is 0.744. The number of halogens is 2. The minimum Gasteiger partial charge on any atom is -0.399 e. The second-order valence-corrected chi connectivity index (χ2v) is 4.61. The number of alkyl halides is 2. The van der Waals surface area contributed by atoms with Crippen LogP contribution in [0.2, 0.25) is 0 Å². The zero-order valence-electron chi connectivity index (χ0n) is 8.93. The maximum absolute atomic E-state index is 12.9. The number of hydrogen-bond acceptors (Lipinski definition) is 1. The van der Waals surface area contributed by atoms with Gasteiger partial charge in [-0.15, -0.1) is 0 Å². The summed E-state index contributed by atoms with van der Waals surface area (Å²) in [6, 6.07) is 5.37. The standard InChI is InChI=1S/C12H15F2N/c1-7(2)8-3-9(5-10(15)4-8)11-6-12(11,13)14/h3-5,7,11H,6,15H2,1-2H3. The van der Waals surface area contributed by atoms with Crippen LogP contribution in [0, 0.1) is 0 Å². The Balaban J connectivity index is 2.33. The number of benzene rings is 1. The van der Waals surface area contributed by atoms with Crippen molar-refractivity contribution in [2.75, 3.05) is 5.73 Å². The maximum Gasteiger partial charge on any atom is 0.255 e. The first-order valence-electron chi connectivity index (χ1n) is 5.18. The molecule has 0 bridgehead atoms. The topological polar surface area (TPSA) is 26.0 Å². The molecule has 1 fully saturated rings. The summed E-state index contributed by atoms with van der Waals surface area (Å²) in [5.41, 5.74) is 8.01. The molecule has 1 aliphatic rings. The van der Waals surface area contributed by atoms with E-state index in [-0.39, 0.29) is 6.42 Å². The Bertz CT molecular complexity index is 385. The van der Waals surface area contributed by atoms with Crippen molar-refractivity contribution in [1.29, 1.82) is 0 Å². The fraction of sp³-hybridized carbons (Fsp3) is 0.500. The first-order valence-corrected chi connectivity index (χ1v) is 5.18. The Kier molecular flexibility index (Phi) is 2.21. The molecular weight excluding hydrogens is 196 g/mol. The van der Waals surface area contributed by atoms with Gasteiger partial charge >= 0.3 is 0 Å². The third-order valence-electron chi connectivity index (χ3n) is 2.89. The molecule has 1 aliphatic carbocycles. The summed E-state index contributed by atoms with van der Waals surface area (Å²) in [5, 5.41) is 0. The Morgan fingerprint density at radius 1 is 1.33 bits per heavy atom. The van der Waals surface area contributed by atoms with Crippen LogP contribution in [0.15, 0.2) is 18.2 Å². The molecule has 3 heteroatoms.